The first-order valence-corrected chi connectivity index (χ1v) is 10.7. The topological polar surface area (TPSA) is 101 Å². The number of rotatable bonds is 3. The molecule has 2 heterocycles. The number of nitro benzene ring substituents is 1. The van der Waals surface area contributed by atoms with Crippen LogP contribution in [-0.2, 0) is 9.84 Å². The zero-order valence-corrected chi connectivity index (χ0v) is 16.2. The van der Waals surface area contributed by atoms with Crippen LogP contribution in [0, 0.1) is 24.0 Å². The van der Waals surface area contributed by atoms with Crippen LogP contribution < -0.4 is 9.80 Å². The summed E-state index contributed by atoms with van der Waals surface area (Å²) in [7, 11) is -3.33. The molecule has 0 bridgehead atoms. The Morgan fingerprint density at radius 2 is 1.68 bits per heavy atom. The fourth-order valence-corrected chi connectivity index (χ4v) is 5.96. The van der Waals surface area contributed by atoms with Crippen molar-refractivity contribution >= 4 is 32.9 Å². The van der Waals surface area contributed by atoms with Crippen molar-refractivity contribution in [1.29, 1.82) is 0 Å². The molecule has 0 saturated carbocycles. The van der Waals surface area contributed by atoms with E-state index < -0.39 is 26.8 Å². The van der Waals surface area contributed by atoms with E-state index in [1.165, 1.54) is 28.0 Å². The van der Waals surface area contributed by atoms with Gasteiger partial charge in [0.1, 0.15) is 0 Å². The Hall–Kier alpha value is -2.94. The second-order valence-corrected chi connectivity index (χ2v) is 9.38. The SMILES string of the molecule is Cc1cccc(N2C(=O)N(c3cccc([N+](=O)[O-])c3)[C@H]3CS(=O)(=O)C[C@@H]32)c1C. The van der Waals surface area contributed by atoms with Gasteiger partial charge < -0.3 is 0 Å². The number of non-ortho nitro benzene ring substituents is 1. The molecule has 2 atom stereocenters. The van der Waals surface area contributed by atoms with Gasteiger partial charge in [0.25, 0.3) is 5.69 Å². The first-order chi connectivity index (χ1) is 13.2. The number of nitrogens with zero attached hydrogens (tertiary/aromatic N) is 3. The average Bonchev–Trinajstić information content (AvgIpc) is 3.06. The smallest absolute Gasteiger partial charge is 0.288 e. The first-order valence-electron chi connectivity index (χ1n) is 8.83. The number of amides is 2. The maximum Gasteiger partial charge on any atom is 0.329 e. The Balaban J connectivity index is 1.85. The van der Waals surface area contributed by atoms with E-state index in [4.69, 9.17) is 0 Å². The molecule has 0 spiro atoms. The van der Waals surface area contributed by atoms with Gasteiger partial charge >= 0.3 is 6.03 Å². The summed E-state index contributed by atoms with van der Waals surface area (Å²) < 4.78 is 24.7. The number of sulfone groups is 1. The van der Waals surface area contributed by atoms with Gasteiger partial charge in [-0.3, -0.25) is 19.9 Å². The van der Waals surface area contributed by atoms with Crippen LogP contribution in [0.2, 0.25) is 0 Å². The normalized spacial score (nSPS) is 23.1. The molecule has 0 unspecified atom stereocenters. The molecule has 0 aromatic heterocycles. The molecule has 2 aliphatic rings. The highest BCUT2D eigenvalue weighted by atomic mass is 32.2. The number of carbonyl (C=O) groups excluding carboxylic acids is 1. The number of fused-ring (bicyclic) bond motifs is 1. The van der Waals surface area contributed by atoms with Crippen molar-refractivity contribution in [3.63, 3.8) is 0 Å². The molecule has 2 aliphatic heterocycles. The van der Waals surface area contributed by atoms with Crippen molar-refractivity contribution in [3.8, 4) is 0 Å². The fraction of sp³-hybridized carbons (Fsp3) is 0.316. The number of urea groups is 1. The van der Waals surface area contributed by atoms with E-state index in [1.807, 2.05) is 26.0 Å². The van der Waals surface area contributed by atoms with Gasteiger partial charge in [-0.05, 0) is 37.1 Å². The second-order valence-electron chi connectivity index (χ2n) is 7.23. The largest absolute Gasteiger partial charge is 0.329 e. The molecule has 2 saturated heterocycles. The molecule has 28 heavy (non-hydrogen) atoms. The van der Waals surface area contributed by atoms with Crippen molar-refractivity contribution in [1.82, 2.24) is 0 Å². The van der Waals surface area contributed by atoms with Crippen molar-refractivity contribution in [2.24, 2.45) is 0 Å². The van der Waals surface area contributed by atoms with Crippen LogP contribution in [0.3, 0.4) is 0 Å². The van der Waals surface area contributed by atoms with E-state index in [-0.39, 0.29) is 23.2 Å². The summed E-state index contributed by atoms with van der Waals surface area (Å²) >= 11 is 0. The molecule has 0 N–H and O–H groups in total. The third kappa shape index (κ3) is 2.82. The summed E-state index contributed by atoms with van der Waals surface area (Å²) in [6.45, 7) is 3.83. The zero-order chi connectivity index (χ0) is 20.2. The van der Waals surface area contributed by atoms with E-state index in [9.17, 15) is 23.3 Å². The van der Waals surface area contributed by atoms with Crippen molar-refractivity contribution in [2.45, 2.75) is 25.9 Å². The lowest BCUT2D eigenvalue weighted by atomic mass is 10.1. The highest BCUT2D eigenvalue weighted by Crippen LogP contribution is 2.40. The maximum atomic E-state index is 13.4. The van der Waals surface area contributed by atoms with Crippen molar-refractivity contribution in [2.75, 3.05) is 21.3 Å². The third-order valence-electron chi connectivity index (χ3n) is 5.52. The van der Waals surface area contributed by atoms with E-state index >= 15 is 0 Å². The van der Waals surface area contributed by atoms with E-state index in [0.29, 0.717) is 11.4 Å². The lowest BCUT2D eigenvalue weighted by Crippen LogP contribution is -2.38. The van der Waals surface area contributed by atoms with Crippen LogP contribution in [0.25, 0.3) is 0 Å². The quantitative estimate of drug-likeness (QED) is 0.447. The minimum Gasteiger partial charge on any atom is -0.288 e. The summed E-state index contributed by atoms with van der Waals surface area (Å²) in [5, 5.41) is 11.1. The van der Waals surface area contributed by atoms with Crippen molar-refractivity contribution < 1.29 is 18.1 Å². The fourth-order valence-electron chi connectivity index (χ4n) is 4.04. The van der Waals surface area contributed by atoms with Crippen LogP contribution in [-0.4, -0.2) is 43.0 Å². The Kier molecular flexibility index (Phi) is 4.15. The number of benzene rings is 2. The molecule has 146 valence electrons. The highest BCUT2D eigenvalue weighted by molar-refractivity contribution is 7.91. The number of hydrogen-bond donors (Lipinski definition) is 0. The number of hydrogen-bond acceptors (Lipinski definition) is 5. The monoisotopic (exact) mass is 401 g/mol. The van der Waals surface area contributed by atoms with Crippen LogP contribution in [0.15, 0.2) is 42.5 Å². The van der Waals surface area contributed by atoms with Crippen molar-refractivity contribution in [3.05, 3.63) is 63.7 Å². The number of nitro groups is 1. The van der Waals surface area contributed by atoms with Gasteiger partial charge in [0.05, 0.1) is 34.2 Å². The molecule has 4 rings (SSSR count). The van der Waals surface area contributed by atoms with E-state index in [0.717, 1.165) is 11.1 Å². The first kappa shape index (κ1) is 18.4. The molecular weight excluding hydrogens is 382 g/mol. The molecule has 2 fully saturated rings. The van der Waals surface area contributed by atoms with Crippen LogP contribution in [0.4, 0.5) is 21.9 Å². The minimum atomic E-state index is -3.33. The minimum absolute atomic E-state index is 0.123. The van der Waals surface area contributed by atoms with Crippen LogP contribution in [0.5, 0.6) is 0 Å². The summed E-state index contributed by atoms with van der Waals surface area (Å²) in [6, 6.07) is 9.84. The maximum absolute atomic E-state index is 13.4. The molecular formula is C19H19N3O5S. The second kappa shape index (κ2) is 6.30. The Morgan fingerprint density at radius 3 is 2.36 bits per heavy atom. The van der Waals surface area contributed by atoms with Gasteiger partial charge in [0.2, 0.25) is 0 Å². The van der Waals surface area contributed by atoms with Gasteiger partial charge in [0, 0.05) is 17.8 Å². The zero-order valence-electron chi connectivity index (χ0n) is 15.4. The summed E-state index contributed by atoms with van der Waals surface area (Å²) in [6.07, 6.45) is 0. The van der Waals surface area contributed by atoms with Crippen LogP contribution >= 0.6 is 0 Å². The third-order valence-corrected chi connectivity index (χ3v) is 7.22. The number of aryl methyl sites for hydroxylation is 1. The van der Waals surface area contributed by atoms with Gasteiger partial charge in [0.15, 0.2) is 9.84 Å². The number of anilines is 2. The highest BCUT2D eigenvalue weighted by Gasteiger charge is 2.54. The number of carbonyl (C=O) groups is 1. The van der Waals surface area contributed by atoms with Gasteiger partial charge in [-0.15, -0.1) is 0 Å². The Labute approximate surface area is 162 Å². The summed E-state index contributed by atoms with van der Waals surface area (Å²) in [4.78, 5) is 26.9. The van der Waals surface area contributed by atoms with Gasteiger partial charge in [-0.2, -0.15) is 0 Å². The lowest BCUT2D eigenvalue weighted by molar-refractivity contribution is -0.384. The molecule has 2 amide bonds. The average molecular weight is 401 g/mol. The standard InChI is InChI=1S/C19H19N3O5S/c1-12-5-3-8-16(13(12)2)21-18-11-28(26,27)10-17(18)20(19(21)23)14-6-4-7-15(9-14)22(24)25/h3-9,17-18H,10-11H2,1-2H3/t17-,18-/m0/s1. The molecule has 2 aromatic rings. The van der Waals surface area contributed by atoms with E-state index in [2.05, 4.69) is 0 Å². The Bertz CT molecular complexity index is 1100. The molecule has 0 radical (unpaired) electrons. The molecule has 0 aliphatic carbocycles. The molecule has 8 nitrogen and oxygen atoms in total. The lowest BCUT2D eigenvalue weighted by Gasteiger charge is -2.24. The Morgan fingerprint density at radius 1 is 1.04 bits per heavy atom. The van der Waals surface area contributed by atoms with E-state index in [1.54, 1.807) is 12.1 Å². The van der Waals surface area contributed by atoms with Gasteiger partial charge in [-0.25, -0.2) is 13.2 Å². The summed E-state index contributed by atoms with van der Waals surface area (Å²) in [5.41, 5.74) is 2.76. The molecule has 2 aromatic carbocycles. The van der Waals surface area contributed by atoms with Crippen LogP contribution in [0.1, 0.15) is 11.1 Å². The molecule has 9 heteroatoms. The summed E-state index contributed by atoms with van der Waals surface area (Å²) in [5.74, 6) is -0.282. The predicted octanol–water partition coefficient (Wildman–Crippen LogP) is 2.82. The van der Waals surface area contributed by atoms with Gasteiger partial charge in [-0.1, -0.05) is 18.2 Å². The predicted molar refractivity (Wildman–Crippen MR) is 106 cm³/mol.